The SMILES string of the molecule is CC(C)(O)/C=C\CC(C)(C)CCC/C=C/C=C1C[C@@H](O)C[C@H](O)C1. The molecule has 1 aliphatic carbocycles. The number of aliphatic hydroxyl groups is 3. The third kappa shape index (κ3) is 10.1. The van der Waals surface area contributed by atoms with Gasteiger partial charge in [0.05, 0.1) is 17.8 Å². The Kier molecular flexibility index (Phi) is 8.41. The van der Waals surface area contributed by atoms with Crippen molar-refractivity contribution in [1.82, 2.24) is 0 Å². The molecule has 1 fully saturated rings. The van der Waals surface area contributed by atoms with Crippen LogP contribution < -0.4 is 0 Å². The summed E-state index contributed by atoms with van der Waals surface area (Å²) in [7, 11) is 0. The molecule has 0 aliphatic heterocycles. The van der Waals surface area contributed by atoms with Crippen LogP contribution in [0.2, 0.25) is 0 Å². The molecule has 1 saturated carbocycles. The summed E-state index contributed by atoms with van der Waals surface area (Å²) in [6.45, 7) is 8.11. The molecule has 0 aromatic rings. The quantitative estimate of drug-likeness (QED) is 0.458. The number of unbranched alkanes of at least 4 members (excludes halogenated alkanes) is 1. The molecule has 24 heavy (non-hydrogen) atoms. The van der Waals surface area contributed by atoms with Crippen LogP contribution in [0.1, 0.15) is 72.6 Å². The van der Waals surface area contributed by atoms with Gasteiger partial charge in [0.25, 0.3) is 0 Å². The Hall–Kier alpha value is -0.900. The normalized spacial score (nSPS) is 23.4. The Morgan fingerprint density at radius 1 is 1.04 bits per heavy atom. The maximum Gasteiger partial charge on any atom is 0.0771 e. The van der Waals surface area contributed by atoms with Crippen LogP contribution >= 0.6 is 0 Å². The standard InChI is InChI=1S/C21H36O3/c1-20(2,12-9-13-21(3,4)24)11-8-6-5-7-10-17-14-18(22)16-19(23)15-17/h5,7,9-10,13,18-19,22-24H,6,8,11-12,14-16H2,1-4H3/b7-5+,13-9-/t18-,19-/m1/s1. The third-order valence-corrected chi connectivity index (χ3v) is 4.43. The second-order valence-corrected chi connectivity index (χ2v) is 8.52. The van der Waals surface area contributed by atoms with Gasteiger partial charge in [-0.25, -0.2) is 0 Å². The smallest absolute Gasteiger partial charge is 0.0771 e. The lowest BCUT2D eigenvalue weighted by Crippen LogP contribution is -2.24. The van der Waals surface area contributed by atoms with Crippen molar-refractivity contribution < 1.29 is 15.3 Å². The number of hydrogen-bond donors (Lipinski definition) is 3. The van der Waals surface area contributed by atoms with Crippen LogP contribution in [0.15, 0.2) is 36.0 Å². The van der Waals surface area contributed by atoms with Gasteiger partial charge >= 0.3 is 0 Å². The van der Waals surface area contributed by atoms with E-state index >= 15 is 0 Å². The van der Waals surface area contributed by atoms with Gasteiger partial charge in [0.1, 0.15) is 0 Å². The van der Waals surface area contributed by atoms with Crippen molar-refractivity contribution in [1.29, 1.82) is 0 Å². The molecule has 3 N–H and O–H groups in total. The molecule has 138 valence electrons. The molecule has 0 bridgehead atoms. The number of hydrogen-bond acceptors (Lipinski definition) is 3. The fourth-order valence-corrected chi connectivity index (χ4v) is 3.07. The van der Waals surface area contributed by atoms with Crippen molar-refractivity contribution in [2.75, 3.05) is 0 Å². The van der Waals surface area contributed by atoms with E-state index in [0.29, 0.717) is 19.3 Å². The van der Waals surface area contributed by atoms with E-state index in [1.165, 1.54) is 0 Å². The van der Waals surface area contributed by atoms with Gasteiger partial charge in [0, 0.05) is 0 Å². The van der Waals surface area contributed by atoms with Gasteiger partial charge in [-0.05, 0) is 64.2 Å². The van der Waals surface area contributed by atoms with Gasteiger partial charge in [-0.3, -0.25) is 0 Å². The van der Waals surface area contributed by atoms with Gasteiger partial charge in [0.2, 0.25) is 0 Å². The fourth-order valence-electron chi connectivity index (χ4n) is 3.07. The van der Waals surface area contributed by atoms with Gasteiger partial charge in [0.15, 0.2) is 0 Å². The highest BCUT2D eigenvalue weighted by molar-refractivity contribution is 5.16. The van der Waals surface area contributed by atoms with Crippen molar-refractivity contribution in [3.63, 3.8) is 0 Å². The molecule has 0 heterocycles. The molecule has 0 radical (unpaired) electrons. The van der Waals surface area contributed by atoms with E-state index < -0.39 is 17.8 Å². The summed E-state index contributed by atoms with van der Waals surface area (Å²) in [5, 5.41) is 29.0. The Labute approximate surface area is 147 Å². The van der Waals surface area contributed by atoms with Crippen LogP contribution in [0, 0.1) is 5.41 Å². The molecule has 0 amide bonds. The topological polar surface area (TPSA) is 60.7 Å². The molecule has 3 nitrogen and oxygen atoms in total. The van der Waals surface area contributed by atoms with Gasteiger partial charge in [-0.2, -0.15) is 0 Å². The average molecular weight is 337 g/mol. The first-order valence-electron chi connectivity index (χ1n) is 9.18. The van der Waals surface area contributed by atoms with Crippen LogP contribution in [-0.4, -0.2) is 33.1 Å². The van der Waals surface area contributed by atoms with Crippen LogP contribution in [0.5, 0.6) is 0 Å². The summed E-state index contributed by atoms with van der Waals surface area (Å²) in [6, 6.07) is 0. The zero-order valence-corrected chi connectivity index (χ0v) is 15.8. The molecule has 0 aromatic carbocycles. The van der Waals surface area contributed by atoms with Crippen LogP contribution in [0.3, 0.4) is 0 Å². The Morgan fingerprint density at radius 3 is 2.25 bits per heavy atom. The van der Waals surface area contributed by atoms with E-state index in [2.05, 4.69) is 32.1 Å². The van der Waals surface area contributed by atoms with Crippen LogP contribution in [0.4, 0.5) is 0 Å². The molecule has 0 spiro atoms. The van der Waals surface area contributed by atoms with E-state index in [0.717, 1.165) is 31.3 Å². The number of allylic oxidation sites excluding steroid dienone is 4. The highest BCUT2D eigenvalue weighted by Gasteiger charge is 2.21. The predicted molar refractivity (Wildman–Crippen MR) is 101 cm³/mol. The average Bonchev–Trinajstić information content (AvgIpc) is 2.39. The minimum Gasteiger partial charge on any atom is -0.393 e. The fraction of sp³-hybridized carbons (Fsp3) is 0.714. The molecule has 0 aromatic heterocycles. The lowest BCUT2D eigenvalue weighted by atomic mass is 9.83. The minimum atomic E-state index is -0.730. The van der Waals surface area contributed by atoms with Gasteiger partial charge in [-0.15, -0.1) is 0 Å². The van der Waals surface area contributed by atoms with Crippen molar-refractivity contribution >= 4 is 0 Å². The Morgan fingerprint density at radius 2 is 1.67 bits per heavy atom. The van der Waals surface area contributed by atoms with E-state index in [4.69, 9.17) is 0 Å². The lowest BCUT2D eigenvalue weighted by molar-refractivity contribution is 0.0609. The largest absolute Gasteiger partial charge is 0.393 e. The lowest BCUT2D eigenvalue weighted by Gasteiger charge is -2.24. The Balaban J connectivity index is 2.28. The van der Waals surface area contributed by atoms with E-state index in [9.17, 15) is 15.3 Å². The van der Waals surface area contributed by atoms with Gasteiger partial charge < -0.3 is 15.3 Å². The zero-order valence-electron chi connectivity index (χ0n) is 15.8. The van der Waals surface area contributed by atoms with Crippen molar-refractivity contribution in [2.45, 2.75) is 90.4 Å². The molecule has 2 atom stereocenters. The highest BCUT2D eigenvalue weighted by atomic mass is 16.3. The molecule has 0 saturated heterocycles. The molecular formula is C21H36O3. The molecule has 1 rings (SSSR count). The Bertz CT molecular complexity index is 440. The maximum atomic E-state index is 9.70. The van der Waals surface area contributed by atoms with E-state index in [1.807, 2.05) is 12.2 Å². The first-order valence-corrected chi connectivity index (χ1v) is 9.18. The summed E-state index contributed by atoms with van der Waals surface area (Å²) in [5.74, 6) is 0. The first-order chi connectivity index (χ1) is 11.1. The summed E-state index contributed by atoms with van der Waals surface area (Å²) >= 11 is 0. The van der Waals surface area contributed by atoms with Gasteiger partial charge in [-0.1, -0.05) is 49.8 Å². The first kappa shape index (κ1) is 21.1. The summed E-state index contributed by atoms with van der Waals surface area (Å²) in [5.41, 5.74) is 0.646. The zero-order chi connectivity index (χ0) is 18.2. The van der Waals surface area contributed by atoms with Crippen LogP contribution in [0.25, 0.3) is 0 Å². The summed E-state index contributed by atoms with van der Waals surface area (Å²) in [6.07, 6.45) is 15.6. The molecule has 1 aliphatic rings. The van der Waals surface area contributed by atoms with Crippen molar-refractivity contribution in [3.8, 4) is 0 Å². The van der Waals surface area contributed by atoms with Crippen molar-refractivity contribution in [2.24, 2.45) is 5.41 Å². The minimum absolute atomic E-state index is 0.242. The van der Waals surface area contributed by atoms with Crippen LogP contribution in [-0.2, 0) is 0 Å². The molecule has 0 unspecified atom stereocenters. The second kappa shape index (κ2) is 9.55. The van der Waals surface area contributed by atoms with E-state index in [1.54, 1.807) is 13.8 Å². The monoisotopic (exact) mass is 336 g/mol. The second-order valence-electron chi connectivity index (χ2n) is 8.52. The molecule has 3 heteroatoms. The number of aliphatic hydroxyl groups excluding tert-OH is 2. The van der Waals surface area contributed by atoms with Crippen molar-refractivity contribution in [3.05, 3.63) is 36.0 Å². The third-order valence-electron chi connectivity index (χ3n) is 4.43. The van der Waals surface area contributed by atoms with E-state index in [-0.39, 0.29) is 5.41 Å². The maximum absolute atomic E-state index is 9.70. The molecular weight excluding hydrogens is 300 g/mol. The highest BCUT2D eigenvalue weighted by Crippen LogP contribution is 2.28. The predicted octanol–water partition coefficient (Wildman–Crippen LogP) is 4.29. The summed E-state index contributed by atoms with van der Waals surface area (Å²) in [4.78, 5) is 0. The number of rotatable bonds is 8. The summed E-state index contributed by atoms with van der Waals surface area (Å²) < 4.78 is 0.